The average molecular weight is 406 g/mol. The molecule has 0 radical (unpaired) electrons. The van der Waals surface area contributed by atoms with E-state index in [2.05, 4.69) is 10.1 Å². The number of hydrogen-bond acceptors (Lipinski definition) is 5. The van der Waals surface area contributed by atoms with Crippen molar-refractivity contribution in [3.8, 4) is 5.69 Å². The van der Waals surface area contributed by atoms with Gasteiger partial charge < -0.3 is 9.64 Å². The molecule has 1 aliphatic heterocycles. The van der Waals surface area contributed by atoms with Crippen LogP contribution in [0.3, 0.4) is 0 Å². The Bertz CT molecular complexity index is 1130. The van der Waals surface area contributed by atoms with Gasteiger partial charge in [0.05, 0.1) is 11.8 Å². The number of carbonyl (C=O) groups is 1. The second-order valence-corrected chi connectivity index (χ2v) is 7.22. The van der Waals surface area contributed by atoms with E-state index in [9.17, 15) is 14.4 Å². The summed E-state index contributed by atoms with van der Waals surface area (Å²) in [5, 5.41) is 2.48. The zero-order valence-electron chi connectivity index (χ0n) is 16.4. The van der Waals surface area contributed by atoms with E-state index < -0.39 is 5.56 Å². The molecule has 1 aliphatic rings. The third-order valence-electron chi connectivity index (χ3n) is 5.00. The highest BCUT2D eigenvalue weighted by Crippen LogP contribution is 2.18. The van der Waals surface area contributed by atoms with Gasteiger partial charge in [0, 0.05) is 49.8 Å². The molecule has 0 bridgehead atoms. The SMILES string of the molecule is O=C(c1cccc(-n2[nH]c(=O)ccc2=O)c1)N(Cc1cccnc1)CC1CCCO1. The van der Waals surface area contributed by atoms with E-state index >= 15 is 0 Å². The fourth-order valence-electron chi connectivity index (χ4n) is 3.54. The van der Waals surface area contributed by atoms with Crippen LogP contribution < -0.4 is 11.1 Å². The topological polar surface area (TPSA) is 97.3 Å². The maximum Gasteiger partial charge on any atom is 0.269 e. The van der Waals surface area contributed by atoms with Crippen molar-refractivity contribution in [3.05, 3.63) is 92.8 Å². The van der Waals surface area contributed by atoms with Gasteiger partial charge in [-0.05, 0) is 42.7 Å². The Morgan fingerprint density at radius 2 is 2.10 bits per heavy atom. The molecule has 154 valence electrons. The summed E-state index contributed by atoms with van der Waals surface area (Å²) in [5.74, 6) is -0.178. The molecule has 1 saturated heterocycles. The van der Waals surface area contributed by atoms with Gasteiger partial charge in [0.25, 0.3) is 17.0 Å². The van der Waals surface area contributed by atoms with Gasteiger partial charge in [-0.2, -0.15) is 0 Å². The van der Waals surface area contributed by atoms with Crippen LogP contribution in [-0.2, 0) is 11.3 Å². The Kier molecular flexibility index (Phi) is 5.85. The van der Waals surface area contributed by atoms with Gasteiger partial charge in [0.1, 0.15) is 0 Å². The molecule has 1 N–H and O–H groups in total. The summed E-state index contributed by atoms with van der Waals surface area (Å²) in [4.78, 5) is 43.0. The number of pyridine rings is 1. The summed E-state index contributed by atoms with van der Waals surface area (Å²) in [6, 6.07) is 12.8. The maximum atomic E-state index is 13.4. The molecule has 1 fully saturated rings. The Morgan fingerprint density at radius 1 is 1.20 bits per heavy atom. The largest absolute Gasteiger partial charge is 0.376 e. The smallest absolute Gasteiger partial charge is 0.269 e. The first kappa shape index (κ1) is 19.8. The number of nitrogens with zero attached hydrogens (tertiary/aromatic N) is 3. The molecule has 0 aliphatic carbocycles. The van der Waals surface area contributed by atoms with E-state index in [1.165, 1.54) is 12.1 Å². The van der Waals surface area contributed by atoms with E-state index in [1.54, 1.807) is 41.6 Å². The molecule has 3 aromatic rings. The van der Waals surface area contributed by atoms with Crippen molar-refractivity contribution in [2.24, 2.45) is 0 Å². The molecular weight excluding hydrogens is 384 g/mol. The second-order valence-electron chi connectivity index (χ2n) is 7.22. The number of aromatic nitrogens is 3. The molecule has 30 heavy (non-hydrogen) atoms. The van der Waals surface area contributed by atoms with Gasteiger partial charge in [-0.3, -0.25) is 24.5 Å². The number of amides is 1. The Morgan fingerprint density at radius 3 is 2.87 bits per heavy atom. The Labute approximate surface area is 172 Å². The van der Waals surface area contributed by atoms with Crippen LogP contribution in [-0.4, -0.2) is 44.8 Å². The number of rotatable bonds is 6. The summed E-state index contributed by atoms with van der Waals surface area (Å²) in [6.07, 6.45) is 5.33. The monoisotopic (exact) mass is 406 g/mol. The normalized spacial score (nSPS) is 15.8. The fourth-order valence-corrected chi connectivity index (χ4v) is 3.54. The predicted molar refractivity (Wildman–Crippen MR) is 111 cm³/mol. The van der Waals surface area contributed by atoms with Crippen molar-refractivity contribution in [1.82, 2.24) is 19.7 Å². The zero-order valence-corrected chi connectivity index (χ0v) is 16.4. The van der Waals surface area contributed by atoms with E-state index in [0.717, 1.165) is 23.1 Å². The van der Waals surface area contributed by atoms with Gasteiger partial charge >= 0.3 is 0 Å². The molecule has 0 spiro atoms. The van der Waals surface area contributed by atoms with Gasteiger partial charge in [0.2, 0.25) is 0 Å². The highest BCUT2D eigenvalue weighted by molar-refractivity contribution is 5.94. The lowest BCUT2D eigenvalue weighted by molar-refractivity contribution is 0.0507. The quantitative estimate of drug-likeness (QED) is 0.673. The molecule has 3 heterocycles. The predicted octanol–water partition coefficient (Wildman–Crippen LogP) is 1.74. The molecule has 1 aromatic carbocycles. The van der Waals surface area contributed by atoms with Gasteiger partial charge in [0.15, 0.2) is 0 Å². The zero-order chi connectivity index (χ0) is 20.9. The minimum Gasteiger partial charge on any atom is -0.376 e. The molecule has 1 atom stereocenters. The summed E-state index contributed by atoms with van der Waals surface area (Å²) < 4.78 is 6.86. The van der Waals surface area contributed by atoms with Crippen LogP contribution in [0.1, 0.15) is 28.8 Å². The third kappa shape index (κ3) is 4.55. The van der Waals surface area contributed by atoms with Crippen molar-refractivity contribution in [1.29, 1.82) is 0 Å². The molecule has 0 saturated carbocycles. The van der Waals surface area contributed by atoms with Gasteiger partial charge in [-0.1, -0.05) is 12.1 Å². The summed E-state index contributed by atoms with van der Waals surface area (Å²) >= 11 is 0. The second kappa shape index (κ2) is 8.87. The lowest BCUT2D eigenvalue weighted by Crippen LogP contribution is -2.37. The Hall–Kier alpha value is -3.52. The molecular formula is C22H22N4O4. The Balaban J connectivity index is 1.64. The standard InChI is InChI=1S/C22H22N4O4/c27-20-8-9-21(28)26(24-20)18-6-1-5-17(12-18)22(29)25(15-19-7-3-11-30-19)14-16-4-2-10-23-13-16/h1-2,4-6,8-10,12-13,19H,3,7,11,14-15H2,(H,24,27). The molecule has 8 heteroatoms. The maximum absolute atomic E-state index is 13.4. The van der Waals surface area contributed by atoms with Crippen LogP contribution >= 0.6 is 0 Å². The number of hydrogen-bond donors (Lipinski definition) is 1. The van der Waals surface area contributed by atoms with Crippen molar-refractivity contribution >= 4 is 5.91 Å². The van der Waals surface area contributed by atoms with Crippen LogP contribution in [0.25, 0.3) is 5.69 Å². The van der Waals surface area contributed by atoms with E-state index in [0.29, 0.717) is 30.9 Å². The number of carbonyl (C=O) groups excluding carboxylic acids is 1. The third-order valence-corrected chi connectivity index (χ3v) is 5.00. The lowest BCUT2D eigenvalue weighted by atomic mass is 10.1. The van der Waals surface area contributed by atoms with Gasteiger partial charge in [-0.15, -0.1) is 0 Å². The minimum atomic E-state index is -0.400. The van der Waals surface area contributed by atoms with Crippen molar-refractivity contribution < 1.29 is 9.53 Å². The van der Waals surface area contributed by atoms with Crippen molar-refractivity contribution in [3.63, 3.8) is 0 Å². The number of H-pyrrole nitrogens is 1. The highest BCUT2D eigenvalue weighted by atomic mass is 16.5. The molecule has 4 rings (SSSR count). The fraction of sp³-hybridized carbons (Fsp3) is 0.273. The molecule has 1 unspecified atom stereocenters. The molecule has 2 aromatic heterocycles. The van der Waals surface area contributed by atoms with Crippen LogP contribution in [0.5, 0.6) is 0 Å². The summed E-state index contributed by atoms with van der Waals surface area (Å²) in [5.41, 5.74) is 0.977. The molecule has 8 nitrogen and oxygen atoms in total. The van der Waals surface area contributed by atoms with Crippen LogP contribution in [0.2, 0.25) is 0 Å². The van der Waals surface area contributed by atoms with Gasteiger partial charge in [-0.25, -0.2) is 4.68 Å². The average Bonchev–Trinajstić information content (AvgIpc) is 3.28. The van der Waals surface area contributed by atoms with Crippen molar-refractivity contribution in [2.75, 3.05) is 13.2 Å². The number of aromatic amines is 1. The first-order chi connectivity index (χ1) is 14.6. The van der Waals surface area contributed by atoms with E-state index in [1.807, 2.05) is 12.1 Å². The molecule has 1 amide bonds. The highest BCUT2D eigenvalue weighted by Gasteiger charge is 2.24. The van der Waals surface area contributed by atoms with Crippen LogP contribution in [0.4, 0.5) is 0 Å². The first-order valence-corrected chi connectivity index (χ1v) is 9.83. The summed E-state index contributed by atoms with van der Waals surface area (Å²) in [7, 11) is 0. The van der Waals surface area contributed by atoms with E-state index in [-0.39, 0.29) is 17.6 Å². The van der Waals surface area contributed by atoms with Crippen LogP contribution in [0.15, 0.2) is 70.5 Å². The number of nitrogens with one attached hydrogen (secondary N) is 1. The number of benzene rings is 1. The van der Waals surface area contributed by atoms with Crippen LogP contribution in [0, 0.1) is 0 Å². The minimum absolute atomic E-state index is 0.00176. The van der Waals surface area contributed by atoms with Crippen molar-refractivity contribution in [2.45, 2.75) is 25.5 Å². The first-order valence-electron chi connectivity index (χ1n) is 9.83. The summed E-state index contributed by atoms with van der Waals surface area (Å²) in [6.45, 7) is 1.58. The number of ether oxygens (including phenoxy) is 1. The van der Waals surface area contributed by atoms with E-state index in [4.69, 9.17) is 4.74 Å². The lowest BCUT2D eigenvalue weighted by Gasteiger charge is -2.26.